The highest BCUT2D eigenvalue weighted by atomic mass is 16.2. The van der Waals surface area contributed by atoms with Crippen LogP contribution < -0.4 is 10.9 Å². The Morgan fingerprint density at radius 3 is 2.52 bits per heavy atom. The Balaban J connectivity index is 2.04. The van der Waals surface area contributed by atoms with Crippen LogP contribution in [0.15, 0.2) is 47.3 Å². The van der Waals surface area contributed by atoms with E-state index < -0.39 is 0 Å². The zero-order chi connectivity index (χ0) is 15.2. The number of benzene rings is 1. The summed E-state index contributed by atoms with van der Waals surface area (Å²) in [5.74, 6) is -0.311. The van der Waals surface area contributed by atoms with Crippen LogP contribution in [0.3, 0.4) is 0 Å². The highest BCUT2D eigenvalue weighted by molar-refractivity contribution is 5.91. The van der Waals surface area contributed by atoms with Crippen molar-refractivity contribution in [2.45, 2.75) is 6.04 Å². The molecule has 0 fully saturated rings. The molecule has 0 aliphatic carbocycles. The summed E-state index contributed by atoms with van der Waals surface area (Å²) in [6, 6.07) is 12.7. The van der Waals surface area contributed by atoms with Gasteiger partial charge in [0.05, 0.1) is 6.04 Å². The molecule has 0 aliphatic rings. The fourth-order valence-electron chi connectivity index (χ4n) is 2.02. The monoisotopic (exact) mass is 286 g/mol. The van der Waals surface area contributed by atoms with Gasteiger partial charge < -0.3 is 10.2 Å². The number of rotatable bonds is 5. The Hall–Kier alpha value is -2.47. The van der Waals surface area contributed by atoms with E-state index in [4.69, 9.17) is 0 Å². The lowest BCUT2D eigenvalue weighted by molar-refractivity contribution is 0.0936. The first-order valence-electron chi connectivity index (χ1n) is 6.63. The Morgan fingerprint density at radius 2 is 1.95 bits per heavy atom. The van der Waals surface area contributed by atoms with E-state index >= 15 is 0 Å². The third-order valence-corrected chi connectivity index (χ3v) is 3.18. The molecule has 1 heterocycles. The first-order chi connectivity index (χ1) is 10.1. The van der Waals surface area contributed by atoms with Gasteiger partial charge in [-0.15, -0.1) is 0 Å². The molecule has 0 aliphatic heterocycles. The average molecular weight is 286 g/mol. The van der Waals surface area contributed by atoms with E-state index in [0.29, 0.717) is 6.54 Å². The molecule has 1 aromatic carbocycles. The van der Waals surface area contributed by atoms with Crippen molar-refractivity contribution in [2.24, 2.45) is 0 Å². The minimum absolute atomic E-state index is 0.0675. The average Bonchev–Trinajstić information content (AvgIpc) is 2.48. The van der Waals surface area contributed by atoms with E-state index in [-0.39, 0.29) is 23.2 Å². The van der Waals surface area contributed by atoms with Crippen molar-refractivity contribution in [3.05, 3.63) is 64.1 Å². The third kappa shape index (κ3) is 4.00. The fourth-order valence-corrected chi connectivity index (χ4v) is 2.02. The molecular formula is C15H18N4O2. The largest absolute Gasteiger partial charge is 0.349 e. The van der Waals surface area contributed by atoms with Crippen molar-refractivity contribution >= 4 is 5.91 Å². The topological polar surface area (TPSA) is 78.1 Å². The number of hydrogen-bond donors (Lipinski definition) is 2. The molecule has 21 heavy (non-hydrogen) atoms. The van der Waals surface area contributed by atoms with E-state index in [0.717, 1.165) is 5.56 Å². The van der Waals surface area contributed by atoms with Crippen LogP contribution in [0, 0.1) is 0 Å². The van der Waals surface area contributed by atoms with E-state index in [2.05, 4.69) is 15.5 Å². The van der Waals surface area contributed by atoms with Crippen molar-refractivity contribution in [1.29, 1.82) is 0 Å². The maximum absolute atomic E-state index is 12.0. The number of carbonyl (C=O) groups is 1. The molecule has 1 atom stereocenters. The number of nitrogens with zero attached hydrogens (tertiary/aromatic N) is 2. The second kappa shape index (κ2) is 6.81. The number of aromatic nitrogens is 2. The number of aromatic amines is 1. The number of carbonyl (C=O) groups excluding carboxylic acids is 1. The zero-order valence-electron chi connectivity index (χ0n) is 12.0. The van der Waals surface area contributed by atoms with Gasteiger partial charge in [-0.05, 0) is 25.7 Å². The molecule has 0 bridgehead atoms. The third-order valence-electron chi connectivity index (χ3n) is 3.18. The molecule has 2 N–H and O–H groups in total. The second-order valence-corrected chi connectivity index (χ2v) is 4.91. The molecular weight excluding hydrogens is 268 g/mol. The van der Waals surface area contributed by atoms with Crippen LogP contribution in [0.5, 0.6) is 0 Å². The standard InChI is InChI=1S/C15H18N4O2/c1-19(2)13(11-6-4-3-5-7-11)10-16-15(21)12-8-9-14(20)18-17-12/h3-9,13H,10H2,1-2H3,(H,16,21)(H,18,20)/t13-/m0/s1. The first kappa shape index (κ1) is 14.9. The molecule has 0 saturated heterocycles. The maximum atomic E-state index is 12.0. The maximum Gasteiger partial charge on any atom is 0.271 e. The van der Waals surface area contributed by atoms with Gasteiger partial charge in [0.2, 0.25) is 0 Å². The number of nitrogens with one attached hydrogen (secondary N) is 2. The minimum Gasteiger partial charge on any atom is -0.349 e. The Labute approximate surface area is 122 Å². The lowest BCUT2D eigenvalue weighted by atomic mass is 10.1. The van der Waals surface area contributed by atoms with Crippen LogP contribution in [0.25, 0.3) is 0 Å². The molecule has 6 nitrogen and oxygen atoms in total. The van der Waals surface area contributed by atoms with Crippen LogP contribution in [-0.2, 0) is 0 Å². The molecule has 0 unspecified atom stereocenters. The first-order valence-corrected chi connectivity index (χ1v) is 6.63. The van der Waals surface area contributed by atoms with Crippen LogP contribution in [0.2, 0.25) is 0 Å². The van der Waals surface area contributed by atoms with Gasteiger partial charge in [0.1, 0.15) is 5.69 Å². The predicted molar refractivity (Wildman–Crippen MR) is 80.1 cm³/mol. The Morgan fingerprint density at radius 1 is 1.24 bits per heavy atom. The van der Waals surface area contributed by atoms with Gasteiger partial charge in [-0.1, -0.05) is 30.3 Å². The number of hydrogen-bond acceptors (Lipinski definition) is 4. The molecule has 2 aromatic rings. The smallest absolute Gasteiger partial charge is 0.271 e. The number of H-pyrrole nitrogens is 1. The van der Waals surface area contributed by atoms with Crippen LogP contribution in [-0.4, -0.2) is 41.6 Å². The lowest BCUT2D eigenvalue weighted by Crippen LogP contribution is -2.35. The molecule has 0 radical (unpaired) electrons. The van der Waals surface area contributed by atoms with Gasteiger partial charge in [0.25, 0.3) is 11.5 Å². The van der Waals surface area contributed by atoms with Crippen molar-refractivity contribution in [2.75, 3.05) is 20.6 Å². The summed E-state index contributed by atoms with van der Waals surface area (Å²) in [6.45, 7) is 0.455. The molecule has 110 valence electrons. The summed E-state index contributed by atoms with van der Waals surface area (Å²) in [6.07, 6.45) is 0. The van der Waals surface area contributed by atoms with E-state index in [1.54, 1.807) is 0 Å². The molecule has 1 aromatic heterocycles. The van der Waals surface area contributed by atoms with Crippen molar-refractivity contribution in [3.63, 3.8) is 0 Å². The normalized spacial score (nSPS) is 12.1. The van der Waals surface area contributed by atoms with Gasteiger partial charge in [0, 0.05) is 12.6 Å². The fraction of sp³-hybridized carbons (Fsp3) is 0.267. The number of likely N-dealkylation sites (N-methyl/N-ethyl adjacent to an activating group) is 1. The number of amides is 1. The highest BCUT2D eigenvalue weighted by Gasteiger charge is 2.16. The van der Waals surface area contributed by atoms with E-state index in [9.17, 15) is 9.59 Å². The summed E-state index contributed by atoms with van der Waals surface area (Å²) in [5, 5.41) is 8.79. The van der Waals surface area contributed by atoms with Gasteiger partial charge in [-0.2, -0.15) is 5.10 Å². The minimum atomic E-state index is -0.331. The zero-order valence-corrected chi connectivity index (χ0v) is 12.0. The van der Waals surface area contributed by atoms with Crippen LogP contribution in [0.1, 0.15) is 22.1 Å². The predicted octanol–water partition coefficient (Wildman–Crippen LogP) is 0.803. The molecule has 6 heteroatoms. The molecule has 0 saturated carbocycles. The summed E-state index contributed by atoms with van der Waals surface area (Å²) in [7, 11) is 3.92. The van der Waals surface area contributed by atoms with Crippen molar-refractivity contribution < 1.29 is 4.79 Å². The quantitative estimate of drug-likeness (QED) is 0.852. The summed E-state index contributed by atoms with van der Waals surface area (Å²) in [5.41, 5.74) is 0.986. The van der Waals surface area contributed by atoms with Crippen molar-refractivity contribution in [3.8, 4) is 0 Å². The highest BCUT2D eigenvalue weighted by Crippen LogP contribution is 2.16. The summed E-state index contributed by atoms with van der Waals surface area (Å²) < 4.78 is 0. The van der Waals surface area contributed by atoms with Crippen LogP contribution >= 0.6 is 0 Å². The summed E-state index contributed by atoms with van der Waals surface area (Å²) >= 11 is 0. The Bertz CT molecular complexity index is 632. The molecule has 2 rings (SSSR count). The van der Waals surface area contributed by atoms with Crippen LogP contribution in [0.4, 0.5) is 0 Å². The van der Waals surface area contributed by atoms with Gasteiger partial charge in [0.15, 0.2) is 0 Å². The van der Waals surface area contributed by atoms with E-state index in [1.165, 1.54) is 12.1 Å². The molecule has 1 amide bonds. The Kier molecular flexibility index (Phi) is 4.84. The van der Waals surface area contributed by atoms with Gasteiger partial charge in [-0.3, -0.25) is 9.59 Å². The van der Waals surface area contributed by atoms with E-state index in [1.807, 2.05) is 49.3 Å². The van der Waals surface area contributed by atoms with Gasteiger partial charge in [-0.25, -0.2) is 5.10 Å². The van der Waals surface area contributed by atoms with Crippen molar-refractivity contribution in [1.82, 2.24) is 20.4 Å². The van der Waals surface area contributed by atoms with Gasteiger partial charge >= 0.3 is 0 Å². The SMILES string of the molecule is CN(C)[C@@H](CNC(=O)c1ccc(=O)[nH]n1)c1ccccc1. The summed E-state index contributed by atoms with van der Waals surface area (Å²) in [4.78, 5) is 25.0. The molecule has 0 spiro atoms. The lowest BCUT2D eigenvalue weighted by Gasteiger charge is -2.25. The second-order valence-electron chi connectivity index (χ2n) is 4.91.